The summed E-state index contributed by atoms with van der Waals surface area (Å²) in [5, 5.41) is 13.2. The van der Waals surface area contributed by atoms with Gasteiger partial charge in [-0.1, -0.05) is 12.1 Å². The summed E-state index contributed by atoms with van der Waals surface area (Å²) in [6.07, 6.45) is 1.44. The number of rotatable bonds is 4. The number of nitrogens with zero attached hydrogens (tertiary/aromatic N) is 2. The number of anilines is 1. The van der Waals surface area contributed by atoms with Gasteiger partial charge in [0, 0.05) is 12.5 Å². The molecular weight excluding hydrogens is 322 g/mol. The summed E-state index contributed by atoms with van der Waals surface area (Å²) in [4.78, 5) is 24.3. The molecular formula is C17H21N5O3. The van der Waals surface area contributed by atoms with E-state index in [0.717, 1.165) is 0 Å². The number of amides is 2. The summed E-state index contributed by atoms with van der Waals surface area (Å²) in [5.41, 5.74) is 1.67. The molecule has 3 N–H and O–H groups in total. The van der Waals surface area contributed by atoms with Crippen molar-refractivity contribution in [2.45, 2.75) is 32.6 Å². The molecule has 8 nitrogen and oxygen atoms in total. The number of carbonyl (C=O) groups is 2. The Bertz CT molecular complexity index is 801. The predicted molar refractivity (Wildman–Crippen MR) is 92.3 cm³/mol. The van der Waals surface area contributed by atoms with E-state index < -0.39 is 6.29 Å². The normalized spacial score (nSPS) is 20.0. The maximum atomic E-state index is 12.6. The molecule has 2 unspecified atom stereocenters. The summed E-state index contributed by atoms with van der Waals surface area (Å²) in [7, 11) is 1.55. The van der Waals surface area contributed by atoms with Crippen molar-refractivity contribution in [3.8, 4) is 5.75 Å². The van der Waals surface area contributed by atoms with Gasteiger partial charge in [0.15, 0.2) is 6.29 Å². The van der Waals surface area contributed by atoms with Crippen LogP contribution in [0.15, 0.2) is 30.5 Å². The van der Waals surface area contributed by atoms with Crippen molar-refractivity contribution in [2.75, 3.05) is 12.4 Å². The molecule has 3 rings (SSSR count). The van der Waals surface area contributed by atoms with Gasteiger partial charge in [0.2, 0.25) is 5.91 Å². The molecule has 0 bridgehead atoms. The number of benzene rings is 1. The van der Waals surface area contributed by atoms with Gasteiger partial charge in [-0.25, -0.2) is 4.68 Å². The first-order valence-corrected chi connectivity index (χ1v) is 8.03. The molecule has 1 aliphatic rings. The molecule has 2 heterocycles. The average molecular weight is 343 g/mol. The van der Waals surface area contributed by atoms with Gasteiger partial charge in [0.1, 0.15) is 5.75 Å². The second-order valence-corrected chi connectivity index (χ2v) is 5.98. The summed E-state index contributed by atoms with van der Waals surface area (Å²) in [5.74, 6) is 0.241. The fourth-order valence-corrected chi connectivity index (χ4v) is 2.84. The van der Waals surface area contributed by atoms with Crippen LogP contribution in [0, 0.1) is 6.92 Å². The van der Waals surface area contributed by atoms with Crippen LogP contribution in [-0.4, -0.2) is 34.7 Å². The number of ether oxygens (including phenoxy) is 1. The number of hydrogen-bond acceptors (Lipinski definition) is 5. The first kappa shape index (κ1) is 17.0. The lowest BCUT2D eigenvalue weighted by Gasteiger charge is -2.30. The summed E-state index contributed by atoms with van der Waals surface area (Å²) in [6.45, 7) is 3.72. The van der Waals surface area contributed by atoms with E-state index >= 15 is 0 Å². The molecule has 8 heteroatoms. The summed E-state index contributed by atoms with van der Waals surface area (Å²) >= 11 is 0. The maximum absolute atomic E-state index is 12.6. The van der Waals surface area contributed by atoms with Crippen LogP contribution < -0.4 is 20.7 Å². The highest BCUT2D eigenvalue weighted by molar-refractivity contribution is 6.05. The lowest BCUT2D eigenvalue weighted by Crippen LogP contribution is -2.52. The highest BCUT2D eigenvalue weighted by Gasteiger charge is 2.27. The van der Waals surface area contributed by atoms with Gasteiger partial charge in [-0.15, -0.1) is 0 Å². The Morgan fingerprint density at radius 2 is 2.16 bits per heavy atom. The number of methoxy groups -OCH3 is 1. The van der Waals surface area contributed by atoms with E-state index in [1.807, 2.05) is 19.1 Å². The van der Waals surface area contributed by atoms with Crippen LogP contribution in [0.3, 0.4) is 0 Å². The molecule has 2 amide bonds. The third-order valence-corrected chi connectivity index (χ3v) is 4.12. The molecule has 0 radical (unpaired) electrons. The number of carbonyl (C=O) groups excluding carboxylic acids is 2. The maximum Gasteiger partial charge on any atom is 0.259 e. The molecule has 0 saturated carbocycles. The molecule has 1 saturated heterocycles. The molecule has 0 aliphatic carbocycles. The minimum absolute atomic E-state index is 0.0354. The molecule has 1 fully saturated rings. The van der Waals surface area contributed by atoms with E-state index in [9.17, 15) is 9.59 Å². The Morgan fingerprint density at radius 1 is 1.40 bits per heavy atom. The van der Waals surface area contributed by atoms with Crippen molar-refractivity contribution >= 4 is 17.5 Å². The van der Waals surface area contributed by atoms with Crippen molar-refractivity contribution in [1.29, 1.82) is 0 Å². The zero-order chi connectivity index (χ0) is 18.0. The average Bonchev–Trinajstić information content (AvgIpc) is 2.96. The third-order valence-electron chi connectivity index (χ3n) is 4.12. The Kier molecular flexibility index (Phi) is 4.71. The topological polar surface area (TPSA) is 97.3 Å². The van der Waals surface area contributed by atoms with E-state index in [2.05, 4.69) is 21.0 Å². The largest absolute Gasteiger partial charge is 0.495 e. The first-order valence-electron chi connectivity index (χ1n) is 8.03. The summed E-state index contributed by atoms with van der Waals surface area (Å²) < 4.78 is 6.85. The first-order chi connectivity index (χ1) is 12.0. The number of hydrogen-bond donors (Lipinski definition) is 3. The van der Waals surface area contributed by atoms with Crippen molar-refractivity contribution in [2.24, 2.45) is 0 Å². The molecule has 2 atom stereocenters. The Balaban J connectivity index is 1.81. The smallest absolute Gasteiger partial charge is 0.259 e. The molecule has 1 aromatic carbocycles. The van der Waals surface area contributed by atoms with Crippen molar-refractivity contribution in [1.82, 2.24) is 20.4 Å². The van der Waals surface area contributed by atoms with Crippen molar-refractivity contribution in [3.63, 3.8) is 0 Å². The van der Waals surface area contributed by atoms with Gasteiger partial charge in [0.05, 0.1) is 30.3 Å². The van der Waals surface area contributed by atoms with E-state index in [1.54, 1.807) is 30.8 Å². The van der Waals surface area contributed by atoms with Crippen LogP contribution in [0.25, 0.3) is 0 Å². The molecule has 132 valence electrons. The molecule has 0 spiro atoms. The van der Waals surface area contributed by atoms with Gasteiger partial charge in [-0.05, 0) is 26.0 Å². The fourth-order valence-electron chi connectivity index (χ4n) is 2.84. The van der Waals surface area contributed by atoms with E-state index in [1.165, 1.54) is 6.20 Å². The van der Waals surface area contributed by atoms with E-state index in [0.29, 0.717) is 29.1 Å². The Morgan fingerprint density at radius 3 is 2.88 bits per heavy atom. The van der Waals surface area contributed by atoms with Crippen molar-refractivity contribution < 1.29 is 14.3 Å². The van der Waals surface area contributed by atoms with Crippen LogP contribution in [-0.2, 0) is 4.79 Å². The monoisotopic (exact) mass is 343 g/mol. The van der Waals surface area contributed by atoms with Gasteiger partial charge < -0.3 is 15.4 Å². The Hall–Kier alpha value is -2.87. The fraction of sp³-hybridized carbons (Fsp3) is 0.353. The second kappa shape index (κ2) is 6.94. The number of para-hydroxylation sites is 2. The zero-order valence-corrected chi connectivity index (χ0v) is 14.4. The van der Waals surface area contributed by atoms with Gasteiger partial charge >= 0.3 is 0 Å². The van der Waals surface area contributed by atoms with Gasteiger partial charge in [0.25, 0.3) is 5.91 Å². The number of aromatic nitrogens is 2. The highest BCUT2D eigenvalue weighted by Crippen LogP contribution is 2.24. The standard InChI is InChI=1S/C17H21N5O3/c1-10-8-15(23)21-17(19-10)22-11(2)12(9-18-22)16(24)20-13-6-4-5-7-14(13)25-3/h4-7,9-10,17,19H,8H2,1-3H3,(H,20,24)(H,21,23). The van der Waals surface area contributed by atoms with E-state index in [4.69, 9.17) is 4.74 Å². The second-order valence-electron chi connectivity index (χ2n) is 5.98. The quantitative estimate of drug-likeness (QED) is 0.780. The van der Waals surface area contributed by atoms with Crippen LogP contribution in [0.4, 0.5) is 5.69 Å². The zero-order valence-electron chi connectivity index (χ0n) is 14.4. The minimum atomic E-state index is -0.468. The lowest BCUT2D eigenvalue weighted by molar-refractivity contribution is -0.125. The van der Waals surface area contributed by atoms with Crippen molar-refractivity contribution in [3.05, 3.63) is 41.7 Å². The molecule has 25 heavy (non-hydrogen) atoms. The van der Waals surface area contributed by atoms with Crippen LogP contribution in [0.2, 0.25) is 0 Å². The SMILES string of the molecule is COc1ccccc1NC(=O)c1cnn(C2NC(=O)CC(C)N2)c1C. The summed E-state index contributed by atoms with van der Waals surface area (Å²) in [6, 6.07) is 7.22. The predicted octanol–water partition coefficient (Wildman–Crippen LogP) is 1.41. The molecule has 2 aromatic rings. The van der Waals surface area contributed by atoms with Crippen LogP contribution >= 0.6 is 0 Å². The molecule has 1 aromatic heterocycles. The van der Waals surface area contributed by atoms with Gasteiger partial charge in [-0.2, -0.15) is 5.10 Å². The lowest BCUT2D eigenvalue weighted by atomic mass is 10.2. The van der Waals surface area contributed by atoms with Crippen LogP contribution in [0.1, 0.15) is 35.7 Å². The Labute approximate surface area is 145 Å². The highest BCUT2D eigenvalue weighted by atomic mass is 16.5. The third kappa shape index (κ3) is 3.48. The number of nitrogens with one attached hydrogen (secondary N) is 3. The van der Waals surface area contributed by atoms with Crippen LogP contribution in [0.5, 0.6) is 5.75 Å². The minimum Gasteiger partial charge on any atom is -0.495 e. The van der Waals surface area contributed by atoms with Gasteiger partial charge in [-0.3, -0.25) is 14.9 Å². The molecule has 1 aliphatic heterocycles. The van der Waals surface area contributed by atoms with E-state index in [-0.39, 0.29) is 17.9 Å².